The predicted molar refractivity (Wildman–Crippen MR) is 59.8 cm³/mol. The van der Waals surface area contributed by atoms with Crippen molar-refractivity contribution in [1.29, 1.82) is 0 Å². The molecule has 7 nitrogen and oxygen atoms in total. The fourth-order valence-corrected chi connectivity index (χ4v) is 1.80. The second-order valence-electron chi connectivity index (χ2n) is 3.85. The van der Waals surface area contributed by atoms with E-state index >= 15 is 0 Å². The quantitative estimate of drug-likeness (QED) is 0.591. The minimum atomic E-state index is -1.23. The molecule has 18 heavy (non-hydrogen) atoms. The van der Waals surface area contributed by atoms with Gasteiger partial charge in [0.1, 0.15) is 5.69 Å². The molecule has 98 valence electrons. The Morgan fingerprint density at radius 1 is 1.06 bits per heavy atom. The van der Waals surface area contributed by atoms with Crippen LogP contribution in [0, 0.1) is 6.92 Å². The SMILES string of the molecule is Cc1[nH]c(C(=O)O)c(CCC(=O)O)c1CC(=O)O. The van der Waals surface area contributed by atoms with Gasteiger partial charge in [-0.3, -0.25) is 9.59 Å². The molecule has 1 heterocycles. The number of aryl methyl sites for hydroxylation is 1. The highest BCUT2D eigenvalue weighted by Crippen LogP contribution is 2.21. The van der Waals surface area contributed by atoms with E-state index in [-0.39, 0.29) is 30.5 Å². The normalized spacial score (nSPS) is 10.3. The standard InChI is InChI=1S/C11H13NO6/c1-5-7(4-9(15)16)6(2-3-8(13)14)10(12-5)11(17)18/h12H,2-4H2,1H3,(H,13,14)(H,15,16)(H,17,18). The summed E-state index contributed by atoms with van der Waals surface area (Å²) in [5.74, 6) is -3.38. The van der Waals surface area contributed by atoms with Crippen molar-refractivity contribution in [3.63, 3.8) is 0 Å². The molecule has 1 rings (SSSR count). The number of hydrogen-bond acceptors (Lipinski definition) is 3. The maximum atomic E-state index is 11.0. The minimum absolute atomic E-state index is 0.0100. The van der Waals surface area contributed by atoms with E-state index in [0.29, 0.717) is 11.3 Å². The maximum Gasteiger partial charge on any atom is 0.352 e. The molecule has 7 heteroatoms. The molecule has 0 amide bonds. The molecular weight excluding hydrogens is 242 g/mol. The molecule has 0 unspecified atom stereocenters. The van der Waals surface area contributed by atoms with Gasteiger partial charge in [-0.05, 0) is 24.5 Å². The van der Waals surface area contributed by atoms with Gasteiger partial charge in [0, 0.05) is 12.1 Å². The number of rotatable bonds is 6. The Labute approximate surface area is 102 Å². The van der Waals surface area contributed by atoms with Crippen molar-refractivity contribution >= 4 is 17.9 Å². The summed E-state index contributed by atoms with van der Waals surface area (Å²) in [6.07, 6.45) is -0.585. The van der Waals surface area contributed by atoms with Gasteiger partial charge in [-0.25, -0.2) is 4.79 Å². The van der Waals surface area contributed by atoms with Crippen molar-refractivity contribution in [3.05, 3.63) is 22.5 Å². The van der Waals surface area contributed by atoms with Gasteiger partial charge >= 0.3 is 17.9 Å². The number of H-pyrrole nitrogens is 1. The first kappa shape index (κ1) is 13.8. The van der Waals surface area contributed by atoms with E-state index in [2.05, 4.69) is 4.98 Å². The Bertz CT molecular complexity index is 502. The number of aromatic carboxylic acids is 1. The smallest absolute Gasteiger partial charge is 0.352 e. The van der Waals surface area contributed by atoms with Crippen molar-refractivity contribution in [3.8, 4) is 0 Å². The van der Waals surface area contributed by atoms with E-state index in [0.717, 1.165) is 0 Å². The third-order valence-corrected chi connectivity index (χ3v) is 2.56. The van der Waals surface area contributed by atoms with Gasteiger partial charge in [0.05, 0.1) is 6.42 Å². The molecule has 0 bridgehead atoms. The molecule has 0 atom stereocenters. The summed E-state index contributed by atoms with van der Waals surface area (Å²) in [5, 5.41) is 26.4. The van der Waals surface area contributed by atoms with Crippen LogP contribution in [0.15, 0.2) is 0 Å². The summed E-state index contributed by atoms with van der Waals surface area (Å²) < 4.78 is 0. The van der Waals surface area contributed by atoms with Crippen LogP contribution < -0.4 is 0 Å². The number of carboxylic acid groups (broad SMARTS) is 3. The van der Waals surface area contributed by atoms with Crippen LogP contribution in [0.4, 0.5) is 0 Å². The molecule has 0 radical (unpaired) electrons. The van der Waals surface area contributed by atoms with Gasteiger partial charge in [0.25, 0.3) is 0 Å². The first-order valence-electron chi connectivity index (χ1n) is 5.20. The summed E-state index contributed by atoms with van der Waals surface area (Å²) in [4.78, 5) is 34.8. The first-order chi connectivity index (χ1) is 8.32. The number of nitrogens with one attached hydrogen (secondary N) is 1. The molecule has 0 aromatic carbocycles. The second kappa shape index (κ2) is 5.35. The van der Waals surface area contributed by atoms with Gasteiger partial charge in [0.15, 0.2) is 0 Å². The summed E-state index contributed by atoms with van der Waals surface area (Å²) in [5.41, 5.74) is 0.908. The topological polar surface area (TPSA) is 128 Å². The van der Waals surface area contributed by atoms with Crippen LogP contribution in [-0.2, 0) is 22.4 Å². The largest absolute Gasteiger partial charge is 0.481 e. The summed E-state index contributed by atoms with van der Waals surface area (Å²) in [7, 11) is 0. The van der Waals surface area contributed by atoms with Gasteiger partial charge in [-0.2, -0.15) is 0 Å². The number of aliphatic carboxylic acids is 2. The van der Waals surface area contributed by atoms with Crippen LogP contribution in [0.5, 0.6) is 0 Å². The molecule has 1 aromatic rings. The van der Waals surface area contributed by atoms with Gasteiger partial charge < -0.3 is 20.3 Å². The fraction of sp³-hybridized carbons (Fsp3) is 0.364. The van der Waals surface area contributed by atoms with Crippen molar-refractivity contribution in [1.82, 2.24) is 4.98 Å². The fourth-order valence-electron chi connectivity index (χ4n) is 1.80. The zero-order valence-electron chi connectivity index (χ0n) is 9.69. The van der Waals surface area contributed by atoms with Crippen molar-refractivity contribution < 1.29 is 29.7 Å². The molecule has 0 aliphatic carbocycles. The average molecular weight is 255 g/mol. The zero-order chi connectivity index (χ0) is 13.9. The molecule has 4 N–H and O–H groups in total. The van der Waals surface area contributed by atoms with E-state index in [1.165, 1.54) is 0 Å². The second-order valence-corrected chi connectivity index (χ2v) is 3.85. The minimum Gasteiger partial charge on any atom is -0.481 e. The van der Waals surface area contributed by atoms with Gasteiger partial charge in [-0.1, -0.05) is 0 Å². The molecule has 0 saturated carbocycles. The van der Waals surface area contributed by atoms with Gasteiger partial charge in [-0.15, -0.1) is 0 Å². The number of carboxylic acids is 3. The van der Waals surface area contributed by atoms with E-state index in [1.807, 2.05) is 0 Å². The number of carbonyl (C=O) groups is 3. The molecule has 0 aliphatic heterocycles. The Morgan fingerprint density at radius 3 is 2.11 bits per heavy atom. The van der Waals surface area contributed by atoms with Crippen LogP contribution in [0.1, 0.15) is 33.7 Å². The van der Waals surface area contributed by atoms with Gasteiger partial charge in [0.2, 0.25) is 0 Å². The Kier molecular flexibility index (Phi) is 4.09. The van der Waals surface area contributed by atoms with E-state index in [1.54, 1.807) is 6.92 Å². The Morgan fingerprint density at radius 2 is 1.67 bits per heavy atom. The highest BCUT2D eigenvalue weighted by Gasteiger charge is 2.21. The first-order valence-corrected chi connectivity index (χ1v) is 5.20. The lowest BCUT2D eigenvalue weighted by molar-refractivity contribution is -0.137. The summed E-state index contributed by atoms with van der Waals surface area (Å²) >= 11 is 0. The van der Waals surface area contributed by atoms with E-state index < -0.39 is 17.9 Å². The lowest BCUT2D eigenvalue weighted by atomic mass is 10.0. The maximum absolute atomic E-state index is 11.0. The van der Waals surface area contributed by atoms with E-state index in [4.69, 9.17) is 15.3 Å². The molecule has 0 spiro atoms. The molecule has 0 aliphatic rings. The van der Waals surface area contributed by atoms with Crippen LogP contribution in [-0.4, -0.2) is 38.2 Å². The molecular formula is C11H13NO6. The van der Waals surface area contributed by atoms with Crippen LogP contribution in [0.25, 0.3) is 0 Å². The van der Waals surface area contributed by atoms with Crippen LogP contribution in [0.2, 0.25) is 0 Å². The zero-order valence-corrected chi connectivity index (χ0v) is 9.69. The van der Waals surface area contributed by atoms with Crippen molar-refractivity contribution in [2.24, 2.45) is 0 Å². The number of hydrogen-bond donors (Lipinski definition) is 4. The van der Waals surface area contributed by atoms with Crippen LogP contribution >= 0.6 is 0 Å². The third-order valence-electron chi connectivity index (χ3n) is 2.56. The lowest BCUT2D eigenvalue weighted by Crippen LogP contribution is -2.08. The monoisotopic (exact) mass is 255 g/mol. The highest BCUT2D eigenvalue weighted by molar-refractivity contribution is 5.89. The van der Waals surface area contributed by atoms with Crippen molar-refractivity contribution in [2.45, 2.75) is 26.2 Å². The third kappa shape index (κ3) is 3.09. The van der Waals surface area contributed by atoms with Crippen molar-refractivity contribution in [2.75, 3.05) is 0 Å². The highest BCUT2D eigenvalue weighted by atomic mass is 16.4. The van der Waals surface area contributed by atoms with Crippen LogP contribution in [0.3, 0.4) is 0 Å². The Hall–Kier alpha value is -2.31. The average Bonchev–Trinajstić information content (AvgIpc) is 2.53. The van der Waals surface area contributed by atoms with E-state index in [9.17, 15) is 14.4 Å². The molecule has 0 saturated heterocycles. The number of aromatic nitrogens is 1. The Balaban J connectivity index is 3.17. The number of aromatic amines is 1. The molecule has 0 fully saturated rings. The predicted octanol–water partition coefficient (Wildman–Crippen LogP) is 0.666. The summed E-state index contributed by atoms with van der Waals surface area (Å²) in [6.45, 7) is 1.56. The summed E-state index contributed by atoms with van der Waals surface area (Å²) in [6, 6.07) is 0. The lowest BCUT2D eigenvalue weighted by Gasteiger charge is -2.03. The molecule has 1 aromatic heterocycles.